The van der Waals surface area contributed by atoms with E-state index < -0.39 is 0 Å². The average Bonchev–Trinajstić information content (AvgIpc) is 2.44. The van der Waals surface area contributed by atoms with Gasteiger partial charge in [-0.25, -0.2) is 9.97 Å². The van der Waals surface area contributed by atoms with Crippen LogP contribution in [-0.4, -0.2) is 29.3 Å². The van der Waals surface area contributed by atoms with E-state index in [1.165, 1.54) is 19.3 Å². The van der Waals surface area contributed by atoms with E-state index in [1.807, 2.05) is 12.3 Å². The number of hydrogen-bond donors (Lipinski definition) is 2. The van der Waals surface area contributed by atoms with E-state index in [2.05, 4.69) is 41.4 Å². The minimum absolute atomic E-state index is 0.794. The Morgan fingerprint density at radius 3 is 2.30 bits per heavy atom. The summed E-state index contributed by atoms with van der Waals surface area (Å²) in [6, 6.07) is 2.00. The zero-order valence-corrected chi connectivity index (χ0v) is 14.0. The minimum atomic E-state index is 0.794. The summed E-state index contributed by atoms with van der Waals surface area (Å²) >= 11 is 1.58. The first kappa shape index (κ1) is 17.1. The fraction of sp³-hybridized carbons (Fsp3) is 0.733. The number of aromatic nitrogens is 2. The summed E-state index contributed by atoms with van der Waals surface area (Å²) in [6.45, 7) is 8.61. The second kappa shape index (κ2) is 9.86. The van der Waals surface area contributed by atoms with Crippen LogP contribution >= 0.6 is 11.8 Å². The van der Waals surface area contributed by atoms with Gasteiger partial charge >= 0.3 is 0 Å². The van der Waals surface area contributed by atoms with Gasteiger partial charge in [0, 0.05) is 19.2 Å². The molecule has 1 heterocycles. The van der Waals surface area contributed by atoms with Crippen LogP contribution in [0.3, 0.4) is 0 Å². The lowest BCUT2D eigenvalue weighted by molar-refractivity contribution is 0.544. The molecule has 0 bridgehead atoms. The lowest BCUT2D eigenvalue weighted by Gasteiger charge is -2.10. The van der Waals surface area contributed by atoms with Crippen molar-refractivity contribution in [1.82, 2.24) is 9.97 Å². The molecule has 0 unspecified atom stereocenters. The first-order chi connectivity index (χ1) is 9.65. The van der Waals surface area contributed by atoms with Gasteiger partial charge in [0.1, 0.15) is 11.6 Å². The monoisotopic (exact) mass is 296 g/mol. The van der Waals surface area contributed by atoms with Gasteiger partial charge in [-0.15, -0.1) is 0 Å². The normalized spacial score (nSPS) is 10.8. The van der Waals surface area contributed by atoms with Gasteiger partial charge in [-0.05, 0) is 25.0 Å². The highest BCUT2D eigenvalue weighted by molar-refractivity contribution is 7.98. The zero-order valence-electron chi connectivity index (χ0n) is 13.2. The highest BCUT2D eigenvalue weighted by atomic mass is 32.2. The fourth-order valence-electron chi connectivity index (χ4n) is 1.84. The topological polar surface area (TPSA) is 49.8 Å². The minimum Gasteiger partial charge on any atom is -0.370 e. The molecule has 0 spiro atoms. The van der Waals surface area contributed by atoms with Crippen molar-refractivity contribution in [2.45, 2.75) is 51.6 Å². The van der Waals surface area contributed by atoms with Gasteiger partial charge in [0.25, 0.3) is 0 Å². The fourth-order valence-corrected chi connectivity index (χ4v) is 2.22. The van der Waals surface area contributed by atoms with E-state index in [0.717, 1.165) is 42.2 Å². The molecule has 0 saturated carbocycles. The molecule has 0 aliphatic carbocycles. The Kier molecular flexibility index (Phi) is 8.42. The van der Waals surface area contributed by atoms with Gasteiger partial charge in [-0.3, -0.25) is 0 Å². The number of thioether (sulfide) groups is 1. The molecular weight excluding hydrogens is 268 g/mol. The number of nitrogens with zero attached hydrogens (tertiary/aromatic N) is 2. The molecule has 114 valence electrons. The SMILES string of the molecule is CCCNc1cc(NCCCCC(C)C)nc(SC)n1. The first-order valence-corrected chi connectivity index (χ1v) is 8.79. The highest BCUT2D eigenvalue weighted by Gasteiger charge is 2.03. The third kappa shape index (κ3) is 6.98. The lowest BCUT2D eigenvalue weighted by Crippen LogP contribution is -2.08. The van der Waals surface area contributed by atoms with Crippen molar-refractivity contribution >= 4 is 23.4 Å². The van der Waals surface area contributed by atoms with E-state index in [4.69, 9.17) is 0 Å². The molecule has 0 radical (unpaired) electrons. The molecule has 0 aliphatic rings. The molecule has 5 heteroatoms. The van der Waals surface area contributed by atoms with Crippen LogP contribution in [-0.2, 0) is 0 Å². The van der Waals surface area contributed by atoms with Crippen molar-refractivity contribution in [3.8, 4) is 0 Å². The Morgan fingerprint density at radius 1 is 1.10 bits per heavy atom. The average molecular weight is 296 g/mol. The van der Waals surface area contributed by atoms with Gasteiger partial charge in [-0.2, -0.15) is 0 Å². The molecule has 0 fully saturated rings. The van der Waals surface area contributed by atoms with Crippen LogP contribution in [0.2, 0.25) is 0 Å². The van der Waals surface area contributed by atoms with Crippen molar-refractivity contribution in [1.29, 1.82) is 0 Å². The van der Waals surface area contributed by atoms with Gasteiger partial charge in [0.2, 0.25) is 0 Å². The largest absolute Gasteiger partial charge is 0.370 e. The lowest BCUT2D eigenvalue weighted by atomic mass is 10.1. The van der Waals surface area contributed by atoms with Crippen LogP contribution in [0.4, 0.5) is 11.6 Å². The molecule has 2 N–H and O–H groups in total. The highest BCUT2D eigenvalue weighted by Crippen LogP contribution is 2.17. The van der Waals surface area contributed by atoms with Crippen LogP contribution in [0, 0.1) is 5.92 Å². The Bertz CT molecular complexity index is 382. The maximum Gasteiger partial charge on any atom is 0.191 e. The molecule has 0 aromatic carbocycles. The second-order valence-electron chi connectivity index (χ2n) is 5.37. The molecule has 20 heavy (non-hydrogen) atoms. The summed E-state index contributed by atoms with van der Waals surface area (Å²) in [7, 11) is 0. The number of rotatable bonds is 10. The van der Waals surface area contributed by atoms with Gasteiger partial charge < -0.3 is 10.6 Å². The number of anilines is 2. The van der Waals surface area contributed by atoms with Gasteiger partial charge in [0.15, 0.2) is 5.16 Å². The van der Waals surface area contributed by atoms with Crippen LogP contribution in [0.15, 0.2) is 11.2 Å². The van der Waals surface area contributed by atoms with Crippen molar-refractivity contribution < 1.29 is 0 Å². The zero-order chi connectivity index (χ0) is 14.8. The Balaban J connectivity index is 2.46. The predicted octanol–water partition coefficient (Wildman–Crippen LogP) is 4.26. The molecule has 0 aliphatic heterocycles. The summed E-state index contributed by atoms with van der Waals surface area (Å²) < 4.78 is 0. The predicted molar refractivity (Wildman–Crippen MR) is 89.8 cm³/mol. The van der Waals surface area contributed by atoms with Gasteiger partial charge in [-0.1, -0.05) is 45.4 Å². The summed E-state index contributed by atoms with van der Waals surface area (Å²) in [5, 5.41) is 7.54. The van der Waals surface area contributed by atoms with E-state index >= 15 is 0 Å². The molecule has 0 saturated heterocycles. The molecule has 1 aromatic heterocycles. The maximum atomic E-state index is 4.49. The Morgan fingerprint density at radius 2 is 1.75 bits per heavy atom. The maximum absolute atomic E-state index is 4.49. The molecule has 1 aromatic rings. The Hall–Kier alpha value is -0.970. The van der Waals surface area contributed by atoms with E-state index in [-0.39, 0.29) is 0 Å². The standard InChI is InChI=1S/C15H28N4S/c1-5-9-16-13-11-14(19-15(18-13)20-4)17-10-7-6-8-12(2)3/h11-12H,5-10H2,1-4H3,(H2,16,17,18,19). The molecule has 1 rings (SSSR count). The third-order valence-electron chi connectivity index (χ3n) is 2.96. The van der Waals surface area contributed by atoms with Crippen LogP contribution in [0.25, 0.3) is 0 Å². The number of nitrogens with one attached hydrogen (secondary N) is 2. The second-order valence-corrected chi connectivity index (χ2v) is 6.14. The summed E-state index contributed by atoms with van der Waals surface area (Å²) in [5.74, 6) is 2.63. The molecular formula is C15H28N4S. The van der Waals surface area contributed by atoms with Gasteiger partial charge in [0.05, 0.1) is 0 Å². The molecule has 0 atom stereocenters. The first-order valence-electron chi connectivity index (χ1n) is 7.56. The Labute approximate surface area is 127 Å². The van der Waals surface area contributed by atoms with Crippen molar-refractivity contribution in [3.05, 3.63) is 6.07 Å². The summed E-state index contributed by atoms with van der Waals surface area (Å²) in [4.78, 5) is 8.95. The van der Waals surface area contributed by atoms with E-state index in [9.17, 15) is 0 Å². The number of hydrogen-bond acceptors (Lipinski definition) is 5. The smallest absolute Gasteiger partial charge is 0.191 e. The summed E-state index contributed by atoms with van der Waals surface area (Å²) in [6.07, 6.45) is 6.85. The van der Waals surface area contributed by atoms with Crippen LogP contribution in [0.1, 0.15) is 46.5 Å². The van der Waals surface area contributed by atoms with Crippen molar-refractivity contribution in [3.63, 3.8) is 0 Å². The molecule has 4 nitrogen and oxygen atoms in total. The molecule has 0 amide bonds. The van der Waals surface area contributed by atoms with Crippen LogP contribution < -0.4 is 10.6 Å². The van der Waals surface area contributed by atoms with Crippen LogP contribution in [0.5, 0.6) is 0 Å². The quantitative estimate of drug-likeness (QED) is 0.384. The third-order valence-corrected chi connectivity index (χ3v) is 3.51. The van der Waals surface area contributed by atoms with E-state index in [0.29, 0.717) is 0 Å². The summed E-state index contributed by atoms with van der Waals surface area (Å²) in [5.41, 5.74) is 0. The van der Waals surface area contributed by atoms with Crippen molar-refractivity contribution in [2.24, 2.45) is 5.92 Å². The van der Waals surface area contributed by atoms with E-state index in [1.54, 1.807) is 11.8 Å². The van der Waals surface area contributed by atoms with Crippen molar-refractivity contribution in [2.75, 3.05) is 30.0 Å². The number of unbranched alkanes of at least 4 members (excludes halogenated alkanes) is 1.